The van der Waals surface area contributed by atoms with Crippen LogP contribution < -0.4 is 10.6 Å². The van der Waals surface area contributed by atoms with Gasteiger partial charge in [-0.1, -0.05) is 27.7 Å². The van der Waals surface area contributed by atoms with Crippen molar-refractivity contribution in [3.05, 3.63) is 0 Å². The standard InChI is InChI=1S/C17H33N3O2/c1-12(2)15(21)17(3,4)11-18-16(22)19-14-7-8-20(10-14)9-13-5-6-13/h12-15,21H,5-11H2,1-4H3,(H2,18,19,22)/t14-,15+/m1/s1. The number of carbonyl (C=O) groups is 1. The lowest BCUT2D eigenvalue weighted by Crippen LogP contribution is -2.49. The molecular weight excluding hydrogens is 278 g/mol. The van der Waals surface area contributed by atoms with Gasteiger partial charge in [0.05, 0.1) is 6.10 Å². The third-order valence-corrected chi connectivity index (χ3v) is 4.96. The Morgan fingerprint density at radius 2 is 2.00 bits per heavy atom. The molecule has 2 fully saturated rings. The fourth-order valence-electron chi connectivity index (χ4n) is 3.33. The van der Waals surface area contributed by atoms with Crippen LogP contribution in [0.3, 0.4) is 0 Å². The zero-order valence-electron chi connectivity index (χ0n) is 14.6. The Hall–Kier alpha value is -0.810. The highest BCUT2D eigenvalue weighted by atomic mass is 16.3. The third kappa shape index (κ3) is 5.13. The number of rotatable bonds is 7. The molecule has 1 heterocycles. The topological polar surface area (TPSA) is 64.6 Å². The Balaban J connectivity index is 1.67. The zero-order chi connectivity index (χ0) is 16.3. The lowest BCUT2D eigenvalue weighted by Gasteiger charge is -2.33. The minimum Gasteiger partial charge on any atom is -0.392 e. The Bertz CT molecular complexity index is 380. The van der Waals surface area contributed by atoms with Crippen molar-refractivity contribution in [1.82, 2.24) is 15.5 Å². The summed E-state index contributed by atoms with van der Waals surface area (Å²) < 4.78 is 0. The highest BCUT2D eigenvalue weighted by Crippen LogP contribution is 2.30. The van der Waals surface area contributed by atoms with Gasteiger partial charge in [0.1, 0.15) is 0 Å². The molecule has 3 N–H and O–H groups in total. The molecule has 1 saturated carbocycles. The van der Waals surface area contributed by atoms with Crippen molar-refractivity contribution in [2.24, 2.45) is 17.3 Å². The van der Waals surface area contributed by atoms with Gasteiger partial charge < -0.3 is 20.6 Å². The summed E-state index contributed by atoms with van der Waals surface area (Å²) >= 11 is 0. The minimum atomic E-state index is -0.423. The molecule has 1 saturated heterocycles. The van der Waals surface area contributed by atoms with Gasteiger partial charge in [-0.05, 0) is 31.1 Å². The van der Waals surface area contributed by atoms with Gasteiger partial charge in [-0.3, -0.25) is 0 Å². The van der Waals surface area contributed by atoms with Crippen LogP contribution in [-0.4, -0.2) is 54.4 Å². The molecule has 5 nitrogen and oxygen atoms in total. The Morgan fingerprint density at radius 1 is 1.32 bits per heavy atom. The first-order chi connectivity index (χ1) is 10.3. The maximum absolute atomic E-state index is 12.1. The lowest BCUT2D eigenvalue weighted by molar-refractivity contribution is 0.0151. The summed E-state index contributed by atoms with van der Waals surface area (Å²) in [5.41, 5.74) is -0.320. The summed E-state index contributed by atoms with van der Waals surface area (Å²) in [6.07, 6.45) is 3.37. The second-order valence-electron chi connectivity index (χ2n) is 8.19. The largest absolute Gasteiger partial charge is 0.392 e. The number of hydrogen-bond donors (Lipinski definition) is 3. The van der Waals surface area contributed by atoms with Gasteiger partial charge in [-0.25, -0.2) is 4.79 Å². The van der Waals surface area contributed by atoms with E-state index < -0.39 is 6.10 Å². The third-order valence-electron chi connectivity index (χ3n) is 4.96. The van der Waals surface area contributed by atoms with E-state index in [0.29, 0.717) is 6.54 Å². The van der Waals surface area contributed by atoms with E-state index in [1.165, 1.54) is 19.4 Å². The summed E-state index contributed by atoms with van der Waals surface area (Å²) in [6.45, 7) is 11.7. The quantitative estimate of drug-likeness (QED) is 0.672. The molecule has 0 aromatic heterocycles. The van der Waals surface area contributed by atoms with Gasteiger partial charge in [0, 0.05) is 37.6 Å². The van der Waals surface area contributed by atoms with E-state index in [-0.39, 0.29) is 23.4 Å². The number of likely N-dealkylation sites (tertiary alicyclic amines) is 1. The summed E-state index contributed by atoms with van der Waals surface area (Å²) in [6, 6.07) is 0.152. The molecule has 0 unspecified atom stereocenters. The molecule has 1 aliphatic carbocycles. The normalized spacial score (nSPS) is 24.5. The fraction of sp³-hybridized carbons (Fsp3) is 0.941. The summed E-state index contributed by atoms with van der Waals surface area (Å²) in [5, 5.41) is 16.2. The second kappa shape index (κ2) is 7.18. The smallest absolute Gasteiger partial charge is 0.315 e. The van der Waals surface area contributed by atoms with Gasteiger partial charge in [0.15, 0.2) is 0 Å². The summed E-state index contributed by atoms with van der Waals surface area (Å²) in [7, 11) is 0. The van der Waals surface area contributed by atoms with Gasteiger partial charge in [0.2, 0.25) is 0 Å². The minimum absolute atomic E-state index is 0.109. The molecule has 22 heavy (non-hydrogen) atoms. The number of aliphatic hydroxyl groups excluding tert-OH is 1. The van der Waals surface area contributed by atoms with Crippen LogP contribution in [-0.2, 0) is 0 Å². The predicted octanol–water partition coefficient (Wildman–Crippen LogP) is 1.81. The van der Waals surface area contributed by atoms with Crippen molar-refractivity contribution in [2.75, 3.05) is 26.2 Å². The molecule has 2 aliphatic rings. The van der Waals surface area contributed by atoms with Gasteiger partial charge in [0.25, 0.3) is 0 Å². The van der Waals surface area contributed by atoms with E-state index in [4.69, 9.17) is 0 Å². The van der Waals surface area contributed by atoms with E-state index in [2.05, 4.69) is 15.5 Å². The predicted molar refractivity (Wildman–Crippen MR) is 88.7 cm³/mol. The van der Waals surface area contributed by atoms with Crippen LogP contribution in [0.15, 0.2) is 0 Å². The molecule has 128 valence electrons. The van der Waals surface area contributed by atoms with Crippen LogP contribution in [0.2, 0.25) is 0 Å². The Morgan fingerprint density at radius 3 is 2.59 bits per heavy atom. The van der Waals surface area contributed by atoms with Crippen molar-refractivity contribution >= 4 is 6.03 Å². The SMILES string of the molecule is CC(C)[C@H](O)C(C)(C)CNC(=O)N[C@@H]1CCN(CC2CC2)C1. The number of urea groups is 1. The molecule has 2 atom stereocenters. The molecule has 0 bridgehead atoms. The van der Waals surface area contributed by atoms with Crippen molar-refractivity contribution < 1.29 is 9.90 Å². The fourth-order valence-corrected chi connectivity index (χ4v) is 3.33. The van der Waals surface area contributed by atoms with Crippen molar-refractivity contribution in [3.8, 4) is 0 Å². The van der Waals surface area contributed by atoms with Gasteiger partial charge in [-0.15, -0.1) is 0 Å². The van der Waals surface area contributed by atoms with Crippen LogP contribution in [0.4, 0.5) is 4.79 Å². The number of hydrogen-bond acceptors (Lipinski definition) is 3. The molecule has 0 spiro atoms. The van der Waals surface area contributed by atoms with Crippen LogP contribution in [0.1, 0.15) is 47.0 Å². The zero-order valence-corrected chi connectivity index (χ0v) is 14.6. The van der Waals surface area contributed by atoms with Crippen molar-refractivity contribution in [2.45, 2.75) is 59.1 Å². The molecule has 5 heteroatoms. The highest BCUT2D eigenvalue weighted by molar-refractivity contribution is 5.74. The first-order valence-corrected chi connectivity index (χ1v) is 8.72. The first kappa shape index (κ1) is 17.5. The van der Waals surface area contributed by atoms with Crippen LogP contribution in [0, 0.1) is 17.3 Å². The van der Waals surface area contributed by atoms with Crippen molar-refractivity contribution in [1.29, 1.82) is 0 Å². The van der Waals surface area contributed by atoms with Gasteiger partial charge in [-0.2, -0.15) is 0 Å². The number of nitrogens with zero attached hydrogens (tertiary/aromatic N) is 1. The van der Waals surface area contributed by atoms with Gasteiger partial charge >= 0.3 is 6.03 Å². The monoisotopic (exact) mass is 311 g/mol. The Kier molecular flexibility index (Phi) is 5.72. The lowest BCUT2D eigenvalue weighted by atomic mass is 9.81. The van der Waals surface area contributed by atoms with E-state index in [1.807, 2.05) is 27.7 Å². The molecule has 0 aromatic rings. The molecule has 2 rings (SSSR count). The molecule has 1 aliphatic heterocycles. The second-order valence-corrected chi connectivity index (χ2v) is 8.19. The summed E-state index contributed by atoms with van der Waals surface area (Å²) in [5.74, 6) is 1.09. The number of nitrogens with one attached hydrogen (secondary N) is 2. The highest BCUT2D eigenvalue weighted by Gasteiger charge is 2.32. The van der Waals surface area contributed by atoms with E-state index in [0.717, 1.165) is 25.4 Å². The number of aliphatic hydroxyl groups is 1. The van der Waals surface area contributed by atoms with Crippen LogP contribution in [0.5, 0.6) is 0 Å². The number of carbonyl (C=O) groups excluding carboxylic acids is 1. The average Bonchev–Trinajstić information content (AvgIpc) is 3.15. The Labute approximate surface area is 134 Å². The first-order valence-electron chi connectivity index (χ1n) is 8.72. The van der Waals surface area contributed by atoms with Crippen LogP contribution >= 0.6 is 0 Å². The maximum atomic E-state index is 12.1. The average molecular weight is 311 g/mol. The van der Waals surface area contributed by atoms with E-state index in [9.17, 15) is 9.90 Å². The molecule has 0 radical (unpaired) electrons. The molecular formula is C17H33N3O2. The van der Waals surface area contributed by atoms with E-state index >= 15 is 0 Å². The van der Waals surface area contributed by atoms with E-state index in [1.54, 1.807) is 0 Å². The van der Waals surface area contributed by atoms with Crippen LogP contribution in [0.25, 0.3) is 0 Å². The van der Waals surface area contributed by atoms with Crippen molar-refractivity contribution in [3.63, 3.8) is 0 Å². The maximum Gasteiger partial charge on any atom is 0.315 e. The molecule has 0 aromatic carbocycles. The molecule has 2 amide bonds. The number of amides is 2. The summed E-state index contributed by atoms with van der Waals surface area (Å²) in [4.78, 5) is 14.5.